The van der Waals surface area contributed by atoms with E-state index in [2.05, 4.69) is 6.92 Å². The number of hydrogen-bond donors (Lipinski definition) is 1. The Labute approximate surface area is 66.6 Å². The molecule has 0 radical (unpaired) electrons. The summed E-state index contributed by atoms with van der Waals surface area (Å²) in [6, 6.07) is 0. The van der Waals surface area contributed by atoms with Gasteiger partial charge in [-0.15, -0.1) is 11.6 Å². The first-order chi connectivity index (χ1) is 4.66. The molecule has 1 atom stereocenters. The fraction of sp³-hybridized carbons (Fsp3) is 0.500. The molecule has 1 aliphatic rings. The largest absolute Gasteiger partial charge is 0.402 e. The van der Waals surface area contributed by atoms with E-state index in [1.54, 1.807) is 0 Å². The Morgan fingerprint density at radius 3 is 2.90 bits per heavy atom. The van der Waals surface area contributed by atoms with Crippen LogP contribution >= 0.6 is 11.6 Å². The number of alkyl halides is 1. The minimum atomic E-state index is -0.209. The molecule has 0 spiro atoms. The highest BCUT2D eigenvalue weighted by Gasteiger charge is 2.23. The van der Waals surface area contributed by atoms with Crippen LogP contribution in [0.2, 0.25) is 0 Å². The van der Waals surface area contributed by atoms with E-state index in [1.165, 1.54) is 0 Å². The second-order valence-corrected chi connectivity index (χ2v) is 3.42. The third-order valence-electron chi connectivity index (χ3n) is 1.79. The van der Waals surface area contributed by atoms with Crippen LogP contribution in [0.25, 0.3) is 0 Å². The van der Waals surface area contributed by atoms with Gasteiger partial charge in [0, 0.05) is 12.1 Å². The summed E-state index contributed by atoms with van der Waals surface area (Å²) in [5, 5.41) is 0. The van der Waals surface area contributed by atoms with Gasteiger partial charge in [0.25, 0.3) is 0 Å². The molecule has 0 saturated carbocycles. The van der Waals surface area contributed by atoms with E-state index in [9.17, 15) is 0 Å². The average molecular weight is 158 g/mol. The number of hydrogen-bond acceptors (Lipinski definition) is 1. The molecule has 1 nitrogen and oxygen atoms in total. The summed E-state index contributed by atoms with van der Waals surface area (Å²) in [5.74, 6) is 0. The topological polar surface area (TPSA) is 26.0 Å². The van der Waals surface area contributed by atoms with Crippen LogP contribution in [-0.4, -0.2) is 4.87 Å². The Morgan fingerprint density at radius 2 is 2.50 bits per heavy atom. The number of nitrogens with two attached hydrogens (primary N) is 1. The molecule has 0 amide bonds. The zero-order valence-corrected chi connectivity index (χ0v) is 6.86. The van der Waals surface area contributed by atoms with Gasteiger partial charge in [-0.05, 0) is 12.5 Å². The Morgan fingerprint density at radius 1 is 1.80 bits per heavy atom. The second kappa shape index (κ2) is 2.67. The minimum absolute atomic E-state index is 0.209. The summed E-state index contributed by atoms with van der Waals surface area (Å²) in [7, 11) is 0. The maximum Gasteiger partial charge on any atom is 0.0680 e. The lowest BCUT2D eigenvalue weighted by atomic mass is 9.95. The maximum absolute atomic E-state index is 6.15. The van der Waals surface area contributed by atoms with Crippen molar-refractivity contribution in [3.8, 4) is 0 Å². The van der Waals surface area contributed by atoms with Gasteiger partial charge in [0.05, 0.1) is 4.87 Å². The SMILES string of the molecule is CCC1(Cl)C=CC=C(N)C1. The lowest BCUT2D eigenvalue weighted by Crippen LogP contribution is -2.22. The van der Waals surface area contributed by atoms with Crippen molar-refractivity contribution in [2.75, 3.05) is 0 Å². The van der Waals surface area contributed by atoms with Crippen LogP contribution in [0.15, 0.2) is 23.9 Å². The highest BCUT2D eigenvalue weighted by Crippen LogP contribution is 2.30. The molecule has 0 aromatic heterocycles. The van der Waals surface area contributed by atoms with Crippen molar-refractivity contribution in [3.05, 3.63) is 23.9 Å². The van der Waals surface area contributed by atoms with Gasteiger partial charge in [-0.3, -0.25) is 0 Å². The third-order valence-corrected chi connectivity index (χ3v) is 2.32. The first kappa shape index (κ1) is 7.67. The molecule has 0 aliphatic heterocycles. The fourth-order valence-corrected chi connectivity index (χ4v) is 1.27. The molecule has 10 heavy (non-hydrogen) atoms. The van der Waals surface area contributed by atoms with Crippen LogP contribution < -0.4 is 5.73 Å². The predicted molar refractivity (Wildman–Crippen MR) is 44.9 cm³/mol. The highest BCUT2D eigenvalue weighted by atomic mass is 35.5. The molecule has 0 aromatic carbocycles. The van der Waals surface area contributed by atoms with Crippen LogP contribution in [0.3, 0.4) is 0 Å². The Balaban J connectivity index is 2.71. The predicted octanol–water partition coefficient (Wildman–Crippen LogP) is 2.18. The molecule has 1 unspecified atom stereocenters. The smallest absolute Gasteiger partial charge is 0.0680 e. The second-order valence-electron chi connectivity index (χ2n) is 2.67. The van der Waals surface area contributed by atoms with Gasteiger partial charge in [0.2, 0.25) is 0 Å². The van der Waals surface area contributed by atoms with Crippen molar-refractivity contribution in [3.63, 3.8) is 0 Å². The van der Waals surface area contributed by atoms with E-state index < -0.39 is 0 Å². The zero-order chi connectivity index (χ0) is 7.61. The highest BCUT2D eigenvalue weighted by molar-refractivity contribution is 6.25. The van der Waals surface area contributed by atoms with E-state index >= 15 is 0 Å². The lowest BCUT2D eigenvalue weighted by molar-refractivity contribution is 0.651. The van der Waals surface area contributed by atoms with Crippen LogP contribution in [0.1, 0.15) is 19.8 Å². The number of halogens is 1. The van der Waals surface area contributed by atoms with E-state index in [4.69, 9.17) is 17.3 Å². The number of allylic oxidation sites excluding steroid dienone is 4. The van der Waals surface area contributed by atoms with E-state index in [-0.39, 0.29) is 4.87 Å². The van der Waals surface area contributed by atoms with Crippen molar-refractivity contribution in [2.24, 2.45) is 5.73 Å². The van der Waals surface area contributed by atoms with Gasteiger partial charge in [0.1, 0.15) is 0 Å². The number of rotatable bonds is 1. The summed E-state index contributed by atoms with van der Waals surface area (Å²) in [4.78, 5) is -0.209. The van der Waals surface area contributed by atoms with Crippen molar-refractivity contribution in [2.45, 2.75) is 24.6 Å². The average Bonchev–Trinajstić information content (AvgIpc) is 1.88. The minimum Gasteiger partial charge on any atom is -0.402 e. The zero-order valence-electron chi connectivity index (χ0n) is 6.10. The Bertz CT molecular complexity index is 184. The third kappa shape index (κ3) is 1.54. The van der Waals surface area contributed by atoms with Gasteiger partial charge in [-0.1, -0.05) is 19.1 Å². The van der Waals surface area contributed by atoms with Gasteiger partial charge < -0.3 is 5.73 Å². The summed E-state index contributed by atoms with van der Waals surface area (Å²) in [6.07, 6.45) is 7.54. The molecule has 0 saturated heterocycles. The Hall–Kier alpha value is -0.430. The molecule has 56 valence electrons. The summed E-state index contributed by atoms with van der Waals surface area (Å²) < 4.78 is 0. The van der Waals surface area contributed by atoms with Gasteiger partial charge >= 0.3 is 0 Å². The van der Waals surface area contributed by atoms with Crippen LogP contribution in [0, 0.1) is 0 Å². The standard InChI is InChI=1S/C8H12ClN/c1-2-8(9)5-3-4-7(10)6-8/h3-5H,2,6,10H2,1H3. The summed E-state index contributed by atoms with van der Waals surface area (Å²) in [6.45, 7) is 2.07. The molecule has 0 heterocycles. The quantitative estimate of drug-likeness (QED) is 0.581. The van der Waals surface area contributed by atoms with Gasteiger partial charge in [-0.25, -0.2) is 0 Å². The molecule has 0 aromatic rings. The van der Waals surface area contributed by atoms with Crippen molar-refractivity contribution in [1.82, 2.24) is 0 Å². The summed E-state index contributed by atoms with van der Waals surface area (Å²) in [5.41, 5.74) is 6.49. The molecule has 1 aliphatic carbocycles. The molecule has 1 rings (SSSR count). The molecule has 2 N–H and O–H groups in total. The molecule has 0 bridgehead atoms. The normalized spacial score (nSPS) is 32.0. The van der Waals surface area contributed by atoms with E-state index in [0.29, 0.717) is 0 Å². The molecule has 2 heteroatoms. The molecule has 0 fully saturated rings. The van der Waals surface area contributed by atoms with Crippen molar-refractivity contribution < 1.29 is 0 Å². The van der Waals surface area contributed by atoms with Crippen molar-refractivity contribution >= 4 is 11.6 Å². The van der Waals surface area contributed by atoms with Gasteiger partial charge in [0.15, 0.2) is 0 Å². The van der Waals surface area contributed by atoms with E-state index in [1.807, 2.05) is 18.2 Å². The Kier molecular flexibility index (Phi) is 2.05. The monoisotopic (exact) mass is 157 g/mol. The van der Waals surface area contributed by atoms with Crippen molar-refractivity contribution in [1.29, 1.82) is 0 Å². The fourth-order valence-electron chi connectivity index (χ4n) is 1.04. The van der Waals surface area contributed by atoms with E-state index in [0.717, 1.165) is 18.5 Å². The summed E-state index contributed by atoms with van der Waals surface area (Å²) >= 11 is 6.15. The first-order valence-electron chi connectivity index (χ1n) is 3.49. The maximum atomic E-state index is 6.15. The first-order valence-corrected chi connectivity index (χ1v) is 3.87. The lowest BCUT2D eigenvalue weighted by Gasteiger charge is -2.23. The van der Waals surface area contributed by atoms with Crippen LogP contribution in [0.4, 0.5) is 0 Å². The van der Waals surface area contributed by atoms with Gasteiger partial charge in [-0.2, -0.15) is 0 Å². The van der Waals surface area contributed by atoms with Crippen LogP contribution in [-0.2, 0) is 0 Å². The molecular weight excluding hydrogens is 146 g/mol. The van der Waals surface area contributed by atoms with Crippen LogP contribution in [0.5, 0.6) is 0 Å². The molecular formula is C8H12ClN.